The number of nitrogens with one attached hydrogen (secondary N) is 1. The van der Waals surface area contributed by atoms with E-state index in [1.54, 1.807) is 42.5 Å². The van der Waals surface area contributed by atoms with E-state index in [0.717, 1.165) is 0 Å². The number of phenols is 2. The van der Waals surface area contributed by atoms with E-state index in [-0.39, 0.29) is 29.4 Å². The SMILES string of the molecule is COc1cc(C=CC(=O)CC(=O)C=Cc2ccc(O)c(OC(NN)C(=O)c3ccccc3)c2)ccc1O. The number of carbonyl (C=O) groups is 3. The van der Waals surface area contributed by atoms with Gasteiger partial charge in [-0.05, 0) is 47.5 Å². The Bertz CT molecular complexity index is 1330. The summed E-state index contributed by atoms with van der Waals surface area (Å²) in [6.07, 6.45) is 3.87. The zero-order chi connectivity index (χ0) is 26.8. The molecule has 0 saturated carbocycles. The molecule has 0 aliphatic heterocycles. The molecule has 3 aromatic rings. The van der Waals surface area contributed by atoms with Crippen LogP contribution in [0.1, 0.15) is 27.9 Å². The van der Waals surface area contributed by atoms with Crippen molar-refractivity contribution in [3.63, 3.8) is 0 Å². The van der Waals surface area contributed by atoms with Crippen molar-refractivity contribution in [3.05, 3.63) is 95.6 Å². The summed E-state index contributed by atoms with van der Waals surface area (Å²) < 4.78 is 10.6. The van der Waals surface area contributed by atoms with Crippen molar-refractivity contribution in [2.24, 2.45) is 5.84 Å². The molecular weight excluding hydrogens is 476 g/mol. The number of ketones is 3. The molecule has 0 aromatic heterocycles. The number of nitrogens with two attached hydrogens (primary N) is 1. The third-order valence-electron chi connectivity index (χ3n) is 5.15. The van der Waals surface area contributed by atoms with Crippen molar-refractivity contribution in [3.8, 4) is 23.0 Å². The lowest BCUT2D eigenvalue weighted by molar-refractivity contribution is -0.121. The van der Waals surface area contributed by atoms with Crippen LogP contribution in [-0.2, 0) is 9.59 Å². The number of hydrazine groups is 1. The fourth-order valence-corrected chi connectivity index (χ4v) is 3.24. The van der Waals surface area contributed by atoms with Crippen LogP contribution in [0.3, 0.4) is 0 Å². The minimum Gasteiger partial charge on any atom is -0.504 e. The van der Waals surface area contributed by atoms with Gasteiger partial charge < -0.3 is 19.7 Å². The Kier molecular flexibility index (Phi) is 9.31. The van der Waals surface area contributed by atoms with E-state index in [4.69, 9.17) is 15.3 Å². The van der Waals surface area contributed by atoms with E-state index >= 15 is 0 Å². The molecule has 3 aromatic carbocycles. The lowest BCUT2D eigenvalue weighted by Crippen LogP contribution is -2.45. The summed E-state index contributed by atoms with van der Waals surface area (Å²) in [5.41, 5.74) is 3.76. The van der Waals surface area contributed by atoms with Crippen molar-refractivity contribution in [1.82, 2.24) is 5.43 Å². The second-order valence-electron chi connectivity index (χ2n) is 7.83. The predicted octanol–water partition coefficient (Wildman–Crippen LogP) is 3.41. The molecule has 0 bridgehead atoms. The fourth-order valence-electron chi connectivity index (χ4n) is 3.24. The zero-order valence-corrected chi connectivity index (χ0v) is 20.0. The van der Waals surface area contributed by atoms with Crippen molar-refractivity contribution < 1.29 is 34.1 Å². The quantitative estimate of drug-likeness (QED) is 0.0730. The number of Topliss-reactive ketones (excluding diaryl/α,β-unsaturated/α-hetero) is 1. The molecule has 0 aliphatic carbocycles. The Balaban J connectivity index is 1.62. The molecule has 3 rings (SSSR count). The third-order valence-corrected chi connectivity index (χ3v) is 5.15. The Morgan fingerprint density at radius 2 is 1.41 bits per heavy atom. The van der Waals surface area contributed by atoms with E-state index < -0.39 is 23.6 Å². The first-order chi connectivity index (χ1) is 17.8. The Hall–Kier alpha value is -4.73. The number of phenolic OH excluding ortho intramolecular Hbond substituents is 2. The molecule has 1 unspecified atom stereocenters. The molecule has 0 spiro atoms. The number of hydrogen-bond acceptors (Lipinski definition) is 9. The van der Waals surface area contributed by atoms with E-state index in [1.807, 2.05) is 0 Å². The van der Waals surface area contributed by atoms with Crippen LogP contribution in [0.2, 0.25) is 0 Å². The number of ether oxygens (including phenoxy) is 2. The molecule has 0 saturated heterocycles. The molecule has 0 radical (unpaired) electrons. The van der Waals surface area contributed by atoms with Crippen molar-refractivity contribution >= 4 is 29.5 Å². The molecule has 5 N–H and O–H groups in total. The van der Waals surface area contributed by atoms with Crippen molar-refractivity contribution in [2.45, 2.75) is 12.6 Å². The maximum absolute atomic E-state index is 12.6. The molecule has 0 fully saturated rings. The van der Waals surface area contributed by atoms with Crippen LogP contribution in [0.5, 0.6) is 23.0 Å². The van der Waals surface area contributed by atoms with Crippen LogP contribution in [0.4, 0.5) is 0 Å². The number of methoxy groups -OCH3 is 1. The van der Waals surface area contributed by atoms with Crippen LogP contribution >= 0.6 is 0 Å². The summed E-state index contributed by atoms with van der Waals surface area (Å²) in [4.78, 5) is 37.0. The van der Waals surface area contributed by atoms with Crippen LogP contribution in [0, 0.1) is 0 Å². The Morgan fingerprint density at radius 1 is 0.865 bits per heavy atom. The molecular formula is C28H26N2O7. The van der Waals surface area contributed by atoms with E-state index in [0.29, 0.717) is 16.7 Å². The van der Waals surface area contributed by atoms with Gasteiger partial charge in [-0.25, -0.2) is 5.43 Å². The summed E-state index contributed by atoms with van der Waals surface area (Å²) >= 11 is 0. The first-order valence-corrected chi connectivity index (χ1v) is 11.1. The zero-order valence-electron chi connectivity index (χ0n) is 20.0. The van der Waals surface area contributed by atoms with Gasteiger partial charge in [0.2, 0.25) is 12.0 Å². The van der Waals surface area contributed by atoms with Crippen LogP contribution in [0.25, 0.3) is 12.2 Å². The average Bonchev–Trinajstić information content (AvgIpc) is 2.91. The van der Waals surface area contributed by atoms with Gasteiger partial charge in [0, 0.05) is 5.56 Å². The number of carbonyl (C=O) groups excluding carboxylic acids is 3. The highest BCUT2D eigenvalue weighted by atomic mass is 16.5. The Labute approximate surface area is 213 Å². The second kappa shape index (κ2) is 12.8. The normalized spacial score (nSPS) is 11.9. The van der Waals surface area contributed by atoms with E-state index in [1.165, 1.54) is 55.7 Å². The summed E-state index contributed by atoms with van der Waals surface area (Å²) in [6.45, 7) is 0. The van der Waals surface area contributed by atoms with Gasteiger partial charge in [0.25, 0.3) is 0 Å². The molecule has 190 valence electrons. The highest BCUT2D eigenvalue weighted by molar-refractivity contribution is 6.10. The summed E-state index contributed by atoms with van der Waals surface area (Å²) in [5, 5.41) is 19.8. The molecule has 9 heteroatoms. The maximum Gasteiger partial charge on any atom is 0.226 e. The monoisotopic (exact) mass is 502 g/mol. The molecule has 37 heavy (non-hydrogen) atoms. The van der Waals surface area contributed by atoms with Gasteiger partial charge in [-0.2, -0.15) is 0 Å². The lowest BCUT2D eigenvalue weighted by Gasteiger charge is -2.18. The van der Waals surface area contributed by atoms with E-state index in [2.05, 4.69) is 5.43 Å². The molecule has 0 aliphatic rings. The third kappa shape index (κ3) is 7.63. The van der Waals surface area contributed by atoms with Gasteiger partial charge in [-0.15, -0.1) is 0 Å². The molecule has 0 amide bonds. The van der Waals surface area contributed by atoms with Gasteiger partial charge in [-0.1, -0.05) is 54.6 Å². The van der Waals surface area contributed by atoms with Crippen LogP contribution in [0.15, 0.2) is 78.9 Å². The van der Waals surface area contributed by atoms with Crippen molar-refractivity contribution in [1.29, 1.82) is 0 Å². The van der Waals surface area contributed by atoms with Gasteiger partial charge >= 0.3 is 0 Å². The first kappa shape index (κ1) is 26.9. The highest BCUT2D eigenvalue weighted by Crippen LogP contribution is 2.29. The number of benzene rings is 3. The summed E-state index contributed by atoms with van der Waals surface area (Å²) in [6, 6.07) is 17.3. The van der Waals surface area contributed by atoms with E-state index in [9.17, 15) is 24.6 Å². The standard InChI is InChI=1S/C28H26N2O7/c1-36-25-15-18(9-13-23(25)33)7-11-21(31)17-22(32)12-8-19-10-14-24(34)26(16-19)37-28(30-29)27(35)20-5-3-2-4-6-20/h2-16,28,30,33-34H,17,29H2,1H3. The van der Waals surface area contributed by atoms with Gasteiger partial charge in [0.05, 0.1) is 13.5 Å². The fraction of sp³-hybridized carbons (Fsp3) is 0.107. The largest absolute Gasteiger partial charge is 0.504 e. The number of aromatic hydroxyl groups is 2. The maximum atomic E-state index is 12.6. The highest BCUT2D eigenvalue weighted by Gasteiger charge is 2.21. The van der Waals surface area contributed by atoms with Crippen LogP contribution in [-0.4, -0.2) is 40.9 Å². The minimum atomic E-state index is -1.26. The topological polar surface area (TPSA) is 148 Å². The summed E-state index contributed by atoms with van der Waals surface area (Å²) in [7, 11) is 1.42. The lowest BCUT2D eigenvalue weighted by atomic mass is 10.1. The number of allylic oxidation sites excluding steroid dienone is 2. The smallest absolute Gasteiger partial charge is 0.226 e. The minimum absolute atomic E-state index is 0.0216. The van der Waals surface area contributed by atoms with Crippen molar-refractivity contribution in [2.75, 3.05) is 7.11 Å². The van der Waals surface area contributed by atoms with Gasteiger partial charge in [0.1, 0.15) is 0 Å². The summed E-state index contributed by atoms with van der Waals surface area (Å²) in [5.74, 6) is 4.20. The van der Waals surface area contributed by atoms with Gasteiger partial charge in [-0.3, -0.25) is 20.2 Å². The molecule has 0 heterocycles. The molecule has 1 atom stereocenters. The van der Waals surface area contributed by atoms with Gasteiger partial charge in [0.15, 0.2) is 34.6 Å². The number of rotatable bonds is 12. The van der Waals surface area contributed by atoms with Crippen LogP contribution < -0.4 is 20.7 Å². The Morgan fingerprint density at radius 3 is 1.95 bits per heavy atom. The predicted molar refractivity (Wildman–Crippen MR) is 138 cm³/mol. The first-order valence-electron chi connectivity index (χ1n) is 11.1. The molecule has 9 nitrogen and oxygen atoms in total. The number of hydrogen-bond donors (Lipinski definition) is 4. The second-order valence-corrected chi connectivity index (χ2v) is 7.83. The average molecular weight is 503 g/mol.